The van der Waals surface area contributed by atoms with E-state index >= 15 is 0 Å². The molecule has 1 N–H and O–H groups in total. The fourth-order valence-corrected chi connectivity index (χ4v) is 5.76. The van der Waals surface area contributed by atoms with Crippen molar-refractivity contribution in [3.05, 3.63) is 93.5 Å². The van der Waals surface area contributed by atoms with Crippen molar-refractivity contribution in [3.8, 4) is 0 Å². The van der Waals surface area contributed by atoms with Crippen LogP contribution in [0, 0.1) is 0 Å². The third kappa shape index (κ3) is 5.18. The zero-order valence-corrected chi connectivity index (χ0v) is 20.5. The first-order valence-electron chi connectivity index (χ1n) is 10.8. The molecular formula is C25H22Cl2N2O4S. The lowest BCUT2D eigenvalue weighted by molar-refractivity contribution is 0.102. The number of nitrogens with zero attached hydrogens (tertiary/aromatic N) is 1. The van der Waals surface area contributed by atoms with Crippen LogP contribution in [0.25, 0.3) is 0 Å². The summed E-state index contributed by atoms with van der Waals surface area (Å²) in [4.78, 5) is 26.2. The molecular weight excluding hydrogens is 495 g/mol. The molecule has 4 rings (SSSR count). The average molecular weight is 517 g/mol. The van der Waals surface area contributed by atoms with Gasteiger partial charge in [0.25, 0.3) is 5.91 Å². The van der Waals surface area contributed by atoms with Crippen LogP contribution in [0.4, 0.5) is 5.69 Å². The second-order valence-electron chi connectivity index (χ2n) is 7.95. The summed E-state index contributed by atoms with van der Waals surface area (Å²) >= 11 is 12.4. The molecule has 1 saturated heterocycles. The number of rotatable bonds is 6. The van der Waals surface area contributed by atoms with E-state index in [1.54, 1.807) is 36.4 Å². The molecule has 1 aliphatic rings. The number of carbonyl (C=O) groups excluding carboxylic acids is 2. The molecule has 0 saturated carbocycles. The van der Waals surface area contributed by atoms with Gasteiger partial charge in [0.2, 0.25) is 10.0 Å². The highest BCUT2D eigenvalue weighted by Crippen LogP contribution is 2.28. The smallest absolute Gasteiger partial charge is 0.257 e. The van der Waals surface area contributed by atoms with Crippen LogP contribution in [0.15, 0.2) is 71.6 Å². The molecule has 0 aliphatic carbocycles. The Morgan fingerprint density at radius 1 is 0.824 bits per heavy atom. The molecule has 0 bridgehead atoms. The molecule has 3 aromatic rings. The third-order valence-electron chi connectivity index (χ3n) is 5.65. The maximum absolute atomic E-state index is 13.1. The van der Waals surface area contributed by atoms with Crippen LogP contribution in [-0.2, 0) is 10.0 Å². The number of halogens is 2. The molecule has 1 heterocycles. The molecule has 6 nitrogen and oxygen atoms in total. The standard InChI is InChI=1S/C25H22Cl2N2O4S/c26-18-9-12-23(21(15-18)24(30)17-7-3-1-4-8-17)28-25(31)20-16-19(10-11-22(20)27)34(32,33)29-13-5-2-6-14-29/h1,3-4,7-12,15-16H,2,5-6,13-14H2,(H,28,31). The van der Waals surface area contributed by atoms with Gasteiger partial charge in [-0.05, 0) is 49.2 Å². The van der Waals surface area contributed by atoms with Crippen LogP contribution in [0.2, 0.25) is 10.0 Å². The van der Waals surface area contributed by atoms with Crippen LogP contribution in [0.5, 0.6) is 0 Å². The average Bonchev–Trinajstić information content (AvgIpc) is 2.85. The van der Waals surface area contributed by atoms with Crippen LogP contribution < -0.4 is 5.32 Å². The van der Waals surface area contributed by atoms with Gasteiger partial charge in [0.15, 0.2) is 5.78 Å². The Labute approximate surface area is 208 Å². The summed E-state index contributed by atoms with van der Waals surface area (Å²) in [5.74, 6) is -0.948. The highest BCUT2D eigenvalue weighted by molar-refractivity contribution is 7.89. The molecule has 34 heavy (non-hydrogen) atoms. The number of benzene rings is 3. The minimum absolute atomic E-state index is 0.000594. The van der Waals surface area contributed by atoms with Crippen molar-refractivity contribution in [2.24, 2.45) is 0 Å². The molecule has 0 unspecified atom stereocenters. The summed E-state index contributed by atoms with van der Waals surface area (Å²) in [5.41, 5.74) is 0.879. The number of anilines is 1. The monoisotopic (exact) mass is 516 g/mol. The summed E-state index contributed by atoms with van der Waals surface area (Å²) in [5, 5.41) is 3.13. The summed E-state index contributed by atoms with van der Waals surface area (Å²) in [6.07, 6.45) is 2.59. The predicted molar refractivity (Wildman–Crippen MR) is 133 cm³/mol. The Morgan fingerprint density at radius 3 is 2.24 bits per heavy atom. The Balaban J connectivity index is 1.65. The van der Waals surface area contributed by atoms with E-state index in [0.717, 1.165) is 19.3 Å². The molecule has 1 aliphatic heterocycles. The highest BCUT2D eigenvalue weighted by Gasteiger charge is 2.27. The van der Waals surface area contributed by atoms with Crippen molar-refractivity contribution in [2.45, 2.75) is 24.2 Å². The van der Waals surface area contributed by atoms with E-state index in [9.17, 15) is 18.0 Å². The van der Waals surface area contributed by atoms with Gasteiger partial charge in [-0.15, -0.1) is 0 Å². The lowest BCUT2D eigenvalue weighted by Gasteiger charge is -2.26. The number of piperidine rings is 1. The van der Waals surface area contributed by atoms with Gasteiger partial charge in [-0.2, -0.15) is 4.31 Å². The van der Waals surface area contributed by atoms with E-state index < -0.39 is 15.9 Å². The fraction of sp³-hybridized carbons (Fsp3) is 0.200. The summed E-state index contributed by atoms with van der Waals surface area (Å²) in [6, 6.07) is 17.2. The van der Waals surface area contributed by atoms with E-state index in [1.807, 2.05) is 0 Å². The van der Waals surface area contributed by atoms with E-state index in [4.69, 9.17) is 23.2 Å². The zero-order valence-electron chi connectivity index (χ0n) is 18.1. The minimum Gasteiger partial charge on any atom is -0.321 e. The molecule has 1 amide bonds. The number of sulfonamides is 1. The van der Waals surface area contributed by atoms with Crippen LogP contribution in [0.1, 0.15) is 45.5 Å². The first-order valence-corrected chi connectivity index (χ1v) is 13.0. The normalized spacial score (nSPS) is 14.5. The number of amides is 1. The Morgan fingerprint density at radius 2 is 1.53 bits per heavy atom. The number of ketones is 1. The van der Waals surface area contributed by atoms with Gasteiger partial charge < -0.3 is 5.32 Å². The van der Waals surface area contributed by atoms with Gasteiger partial charge in [-0.1, -0.05) is 60.0 Å². The number of carbonyl (C=O) groups is 2. The SMILES string of the molecule is O=C(Nc1ccc(Cl)cc1C(=O)c1ccccc1)c1cc(S(=O)(=O)N2CCCCC2)ccc1Cl. The van der Waals surface area contributed by atoms with E-state index in [1.165, 1.54) is 34.6 Å². The maximum atomic E-state index is 13.1. The van der Waals surface area contributed by atoms with Gasteiger partial charge in [0, 0.05) is 29.2 Å². The van der Waals surface area contributed by atoms with Gasteiger partial charge in [-0.25, -0.2) is 8.42 Å². The second kappa shape index (κ2) is 10.3. The Kier molecular flexibility index (Phi) is 7.38. The van der Waals surface area contributed by atoms with Crippen LogP contribution in [0.3, 0.4) is 0 Å². The van der Waals surface area contributed by atoms with Crippen molar-refractivity contribution in [2.75, 3.05) is 18.4 Å². The molecule has 0 atom stereocenters. The summed E-state index contributed by atoms with van der Waals surface area (Å²) in [6.45, 7) is 0.893. The van der Waals surface area contributed by atoms with Crippen LogP contribution >= 0.6 is 23.2 Å². The first-order chi connectivity index (χ1) is 16.3. The van der Waals surface area contributed by atoms with E-state index in [2.05, 4.69) is 5.32 Å². The highest BCUT2D eigenvalue weighted by atomic mass is 35.5. The topological polar surface area (TPSA) is 83.5 Å². The van der Waals surface area contributed by atoms with Gasteiger partial charge in [0.05, 0.1) is 21.2 Å². The van der Waals surface area contributed by atoms with Crippen molar-refractivity contribution >= 4 is 50.6 Å². The zero-order chi connectivity index (χ0) is 24.3. The fourth-order valence-electron chi connectivity index (χ4n) is 3.84. The van der Waals surface area contributed by atoms with Crippen molar-refractivity contribution < 1.29 is 18.0 Å². The molecule has 0 aromatic heterocycles. The van der Waals surface area contributed by atoms with Gasteiger partial charge in [0.1, 0.15) is 0 Å². The summed E-state index contributed by atoms with van der Waals surface area (Å²) in [7, 11) is -3.75. The molecule has 9 heteroatoms. The lowest BCUT2D eigenvalue weighted by atomic mass is 10.0. The molecule has 3 aromatic carbocycles. The minimum atomic E-state index is -3.75. The molecule has 0 spiro atoms. The second-order valence-corrected chi connectivity index (χ2v) is 10.7. The van der Waals surface area contributed by atoms with Crippen molar-refractivity contribution in [3.63, 3.8) is 0 Å². The molecule has 0 radical (unpaired) electrons. The van der Waals surface area contributed by atoms with Crippen molar-refractivity contribution in [1.82, 2.24) is 4.31 Å². The number of nitrogens with one attached hydrogen (secondary N) is 1. The van der Waals surface area contributed by atoms with Gasteiger partial charge >= 0.3 is 0 Å². The van der Waals surface area contributed by atoms with E-state index in [-0.39, 0.29) is 32.5 Å². The largest absolute Gasteiger partial charge is 0.321 e. The first kappa shape index (κ1) is 24.4. The van der Waals surface area contributed by atoms with Crippen LogP contribution in [-0.4, -0.2) is 37.5 Å². The van der Waals surface area contributed by atoms with Gasteiger partial charge in [-0.3, -0.25) is 9.59 Å². The Bertz CT molecular complexity index is 1340. The number of hydrogen-bond donors (Lipinski definition) is 1. The third-order valence-corrected chi connectivity index (χ3v) is 8.10. The predicted octanol–water partition coefficient (Wildman–Crippen LogP) is 5.65. The van der Waals surface area contributed by atoms with Crippen molar-refractivity contribution in [1.29, 1.82) is 0 Å². The molecule has 176 valence electrons. The number of hydrogen-bond acceptors (Lipinski definition) is 4. The quantitative estimate of drug-likeness (QED) is 0.429. The van der Waals surface area contributed by atoms with E-state index in [0.29, 0.717) is 23.7 Å². The summed E-state index contributed by atoms with van der Waals surface area (Å²) < 4.78 is 27.6. The molecule has 1 fully saturated rings. The Hall–Kier alpha value is -2.71. The lowest BCUT2D eigenvalue weighted by Crippen LogP contribution is -2.35. The maximum Gasteiger partial charge on any atom is 0.257 e.